The predicted molar refractivity (Wildman–Crippen MR) is 113 cm³/mol. The number of hydrogen-bond donors (Lipinski definition) is 1. The molecule has 176 valence electrons. The van der Waals surface area contributed by atoms with Crippen LogP contribution in [-0.4, -0.2) is 81.2 Å². The first-order valence-electron chi connectivity index (χ1n) is 10.8. The van der Waals surface area contributed by atoms with Gasteiger partial charge in [0, 0.05) is 46.2 Å². The lowest BCUT2D eigenvalue weighted by Gasteiger charge is -2.36. The molecule has 1 aromatic rings. The van der Waals surface area contributed by atoms with Crippen LogP contribution < -0.4 is 11.2 Å². The van der Waals surface area contributed by atoms with Gasteiger partial charge >= 0.3 is 11.7 Å². The molecule has 3 fully saturated rings. The molecule has 4 rings (SSSR count). The fourth-order valence-corrected chi connectivity index (χ4v) is 4.84. The molecule has 0 aromatic carbocycles. The summed E-state index contributed by atoms with van der Waals surface area (Å²) in [5, 5.41) is 6.89. The molecular weight excluding hydrogens is 420 g/mol. The van der Waals surface area contributed by atoms with Crippen molar-refractivity contribution in [2.24, 2.45) is 19.5 Å². The van der Waals surface area contributed by atoms with Gasteiger partial charge in [0.25, 0.3) is 17.9 Å². The average molecular weight is 450 g/mol. The molecular formula is C21H30N4O7. The zero-order chi connectivity index (χ0) is 23.5. The molecule has 3 saturated heterocycles. The molecule has 1 unspecified atom stereocenters. The van der Waals surface area contributed by atoms with Crippen molar-refractivity contribution in [1.29, 1.82) is 0 Å². The summed E-state index contributed by atoms with van der Waals surface area (Å²) in [6.07, 6.45) is 4.14. The Labute approximate surface area is 185 Å². The standard InChI is InChI=1S/C20H28N4O5.CH2O2/c1-21-15(11-16(25)22(2)19(21)28)17(26)24-9-5-20(6-10-24)12-14(29-18(20)27)13-23-7-3-4-8-23;2-1-3/h11,14H,3-10,12-13H2,1-2H3;1H,(H,2,3). The fraction of sp³-hybridized carbons (Fsp3) is 0.667. The van der Waals surface area contributed by atoms with Gasteiger partial charge in [-0.1, -0.05) is 0 Å². The summed E-state index contributed by atoms with van der Waals surface area (Å²) in [4.78, 5) is 61.9. The number of carbonyl (C=O) groups excluding carboxylic acids is 2. The van der Waals surface area contributed by atoms with Crippen LogP contribution in [-0.2, 0) is 28.4 Å². The van der Waals surface area contributed by atoms with Gasteiger partial charge < -0.3 is 14.7 Å². The second kappa shape index (κ2) is 9.68. The minimum atomic E-state index is -0.529. The van der Waals surface area contributed by atoms with E-state index in [9.17, 15) is 19.2 Å². The van der Waals surface area contributed by atoms with E-state index in [1.165, 1.54) is 37.6 Å². The zero-order valence-corrected chi connectivity index (χ0v) is 18.5. The minimum Gasteiger partial charge on any atom is -0.483 e. The van der Waals surface area contributed by atoms with Crippen LogP contribution in [0.3, 0.4) is 0 Å². The quantitative estimate of drug-likeness (QED) is 0.478. The summed E-state index contributed by atoms with van der Waals surface area (Å²) >= 11 is 0. The van der Waals surface area contributed by atoms with E-state index in [-0.39, 0.29) is 30.1 Å². The Morgan fingerprint density at radius 2 is 1.72 bits per heavy atom. The van der Waals surface area contributed by atoms with Crippen LogP contribution in [0.5, 0.6) is 0 Å². The van der Waals surface area contributed by atoms with Crippen molar-refractivity contribution in [2.45, 2.75) is 38.2 Å². The normalized spacial score (nSPS) is 22.4. The van der Waals surface area contributed by atoms with Crippen molar-refractivity contribution in [2.75, 3.05) is 32.7 Å². The van der Waals surface area contributed by atoms with E-state index in [1.54, 1.807) is 4.90 Å². The van der Waals surface area contributed by atoms with Gasteiger partial charge in [-0.25, -0.2) is 4.79 Å². The molecule has 4 heterocycles. The van der Waals surface area contributed by atoms with Gasteiger partial charge in [-0.15, -0.1) is 0 Å². The van der Waals surface area contributed by atoms with Crippen LogP contribution in [0.2, 0.25) is 0 Å². The average Bonchev–Trinajstić information content (AvgIpc) is 3.38. The van der Waals surface area contributed by atoms with Gasteiger partial charge in [0.2, 0.25) is 0 Å². The van der Waals surface area contributed by atoms with Crippen LogP contribution in [0.15, 0.2) is 15.7 Å². The Morgan fingerprint density at radius 3 is 2.31 bits per heavy atom. The van der Waals surface area contributed by atoms with E-state index < -0.39 is 16.7 Å². The Morgan fingerprint density at radius 1 is 1.12 bits per heavy atom. The maximum Gasteiger partial charge on any atom is 0.331 e. The molecule has 1 amide bonds. The molecule has 11 heteroatoms. The Hall–Kier alpha value is -2.95. The summed E-state index contributed by atoms with van der Waals surface area (Å²) in [6, 6.07) is 1.20. The molecule has 1 aromatic heterocycles. The molecule has 0 aliphatic carbocycles. The van der Waals surface area contributed by atoms with Gasteiger partial charge in [-0.05, 0) is 38.8 Å². The third kappa shape index (κ3) is 4.62. The van der Waals surface area contributed by atoms with Crippen molar-refractivity contribution in [3.63, 3.8) is 0 Å². The van der Waals surface area contributed by atoms with Crippen molar-refractivity contribution in [1.82, 2.24) is 18.9 Å². The summed E-state index contributed by atoms with van der Waals surface area (Å²) in [5.41, 5.74) is -1.47. The van der Waals surface area contributed by atoms with E-state index in [0.29, 0.717) is 32.4 Å². The summed E-state index contributed by atoms with van der Waals surface area (Å²) in [7, 11) is 2.87. The molecule has 0 bridgehead atoms. The molecule has 1 N–H and O–H groups in total. The molecule has 32 heavy (non-hydrogen) atoms. The van der Waals surface area contributed by atoms with Crippen molar-refractivity contribution in [3.8, 4) is 0 Å². The molecule has 1 atom stereocenters. The van der Waals surface area contributed by atoms with Crippen LogP contribution in [0, 0.1) is 5.41 Å². The number of esters is 1. The second-order valence-electron chi connectivity index (χ2n) is 8.69. The number of cyclic esters (lactones) is 1. The zero-order valence-electron chi connectivity index (χ0n) is 18.5. The lowest BCUT2D eigenvalue weighted by molar-refractivity contribution is -0.151. The second-order valence-corrected chi connectivity index (χ2v) is 8.69. The number of carbonyl (C=O) groups is 3. The monoisotopic (exact) mass is 450 g/mol. The van der Waals surface area contributed by atoms with Gasteiger partial charge in [0.05, 0.1) is 5.41 Å². The van der Waals surface area contributed by atoms with Gasteiger partial charge in [0.15, 0.2) is 0 Å². The fourth-order valence-electron chi connectivity index (χ4n) is 4.84. The van der Waals surface area contributed by atoms with Crippen LogP contribution >= 0.6 is 0 Å². The van der Waals surface area contributed by atoms with Crippen molar-refractivity contribution < 1.29 is 24.2 Å². The van der Waals surface area contributed by atoms with Gasteiger partial charge in [0.1, 0.15) is 11.8 Å². The third-order valence-electron chi connectivity index (χ3n) is 6.74. The molecule has 0 saturated carbocycles. The van der Waals surface area contributed by atoms with E-state index in [2.05, 4.69) is 4.90 Å². The highest BCUT2D eigenvalue weighted by Gasteiger charge is 2.51. The van der Waals surface area contributed by atoms with Crippen LogP contribution in [0.1, 0.15) is 42.6 Å². The number of carboxylic acid groups (broad SMARTS) is 1. The Balaban J connectivity index is 0.000000913. The van der Waals surface area contributed by atoms with E-state index in [4.69, 9.17) is 14.6 Å². The number of amides is 1. The summed E-state index contributed by atoms with van der Waals surface area (Å²) in [6.45, 7) is 3.50. The highest BCUT2D eigenvalue weighted by molar-refractivity contribution is 5.92. The first kappa shape index (κ1) is 23.7. The first-order chi connectivity index (χ1) is 15.2. The maximum atomic E-state index is 12.9. The highest BCUT2D eigenvalue weighted by Crippen LogP contribution is 2.43. The molecule has 0 radical (unpaired) electrons. The molecule has 1 spiro atoms. The lowest BCUT2D eigenvalue weighted by atomic mass is 9.76. The maximum absolute atomic E-state index is 12.9. The number of hydrogen-bond acceptors (Lipinski definition) is 7. The number of rotatable bonds is 3. The smallest absolute Gasteiger partial charge is 0.331 e. The third-order valence-corrected chi connectivity index (χ3v) is 6.74. The molecule has 3 aliphatic rings. The molecule has 11 nitrogen and oxygen atoms in total. The first-order valence-corrected chi connectivity index (χ1v) is 10.8. The van der Waals surface area contributed by atoms with E-state index >= 15 is 0 Å². The number of ether oxygens (including phenoxy) is 1. The predicted octanol–water partition coefficient (Wildman–Crippen LogP) is -0.581. The minimum absolute atomic E-state index is 0.0687. The highest BCUT2D eigenvalue weighted by atomic mass is 16.6. The van der Waals surface area contributed by atoms with Crippen LogP contribution in [0.25, 0.3) is 0 Å². The lowest BCUT2D eigenvalue weighted by Crippen LogP contribution is -2.47. The number of nitrogens with zero attached hydrogens (tertiary/aromatic N) is 4. The van der Waals surface area contributed by atoms with Gasteiger partial charge in [-0.2, -0.15) is 0 Å². The topological polar surface area (TPSA) is 131 Å². The van der Waals surface area contributed by atoms with Crippen molar-refractivity contribution in [3.05, 3.63) is 32.6 Å². The SMILES string of the molecule is Cn1c(C(=O)N2CCC3(CC2)CC(CN2CCCC2)OC3=O)cc(=O)n(C)c1=O.O=CO. The van der Waals surface area contributed by atoms with Gasteiger partial charge in [-0.3, -0.25) is 33.2 Å². The Bertz CT molecular complexity index is 985. The summed E-state index contributed by atoms with van der Waals surface area (Å²) in [5.74, 6) is -0.494. The largest absolute Gasteiger partial charge is 0.483 e. The van der Waals surface area contributed by atoms with E-state index in [0.717, 1.165) is 24.2 Å². The molecule has 3 aliphatic heterocycles. The number of aromatic nitrogens is 2. The summed E-state index contributed by atoms with van der Waals surface area (Å²) < 4.78 is 7.85. The number of likely N-dealkylation sites (tertiary alicyclic amines) is 2. The number of piperidine rings is 1. The Kier molecular flexibility index (Phi) is 7.17. The van der Waals surface area contributed by atoms with E-state index in [1.807, 2.05) is 0 Å². The van der Waals surface area contributed by atoms with Crippen LogP contribution in [0.4, 0.5) is 0 Å². The van der Waals surface area contributed by atoms with Crippen molar-refractivity contribution >= 4 is 18.3 Å².